The Morgan fingerprint density at radius 3 is 2.79 bits per heavy atom. The molecule has 0 unspecified atom stereocenters. The third-order valence-corrected chi connectivity index (χ3v) is 2.45. The summed E-state index contributed by atoms with van der Waals surface area (Å²) in [7, 11) is 0. The number of benzene rings is 1. The molecule has 19 heavy (non-hydrogen) atoms. The fourth-order valence-corrected chi connectivity index (χ4v) is 1.58. The number of alkyl halides is 2. The van der Waals surface area contributed by atoms with Gasteiger partial charge in [0, 0.05) is 13.1 Å². The normalized spacial score (nSPS) is 10.7. The first kappa shape index (κ1) is 15.3. The number of halogens is 2. The van der Waals surface area contributed by atoms with Crippen molar-refractivity contribution in [1.82, 2.24) is 4.90 Å². The zero-order valence-corrected chi connectivity index (χ0v) is 10.4. The van der Waals surface area contributed by atoms with Crippen LogP contribution >= 0.6 is 0 Å². The second kappa shape index (κ2) is 8.40. The van der Waals surface area contributed by atoms with Gasteiger partial charge >= 0.3 is 0 Å². The van der Waals surface area contributed by atoms with Gasteiger partial charge in [0.25, 0.3) is 6.43 Å². The van der Waals surface area contributed by atoms with Crippen LogP contribution in [0.2, 0.25) is 0 Å². The molecule has 0 fully saturated rings. The van der Waals surface area contributed by atoms with Gasteiger partial charge in [0.15, 0.2) is 0 Å². The molecule has 0 aliphatic heterocycles. The van der Waals surface area contributed by atoms with Crippen LogP contribution in [0.5, 0.6) is 5.75 Å². The highest BCUT2D eigenvalue weighted by atomic mass is 19.3. The highest BCUT2D eigenvalue weighted by Gasteiger charge is 2.11. The minimum Gasteiger partial charge on any atom is -0.492 e. The van der Waals surface area contributed by atoms with Crippen LogP contribution in [-0.2, 0) is 0 Å². The number of hydrogen-bond donors (Lipinski definition) is 1. The summed E-state index contributed by atoms with van der Waals surface area (Å²) in [5.74, 6) is 0.528. The van der Waals surface area contributed by atoms with Crippen molar-refractivity contribution in [3.63, 3.8) is 0 Å². The van der Waals surface area contributed by atoms with Crippen molar-refractivity contribution < 1.29 is 18.6 Å². The van der Waals surface area contributed by atoms with Crippen LogP contribution in [0.25, 0.3) is 0 Å². The Morgan fingerprint density at radius 2 is 2.16 bits per heavy atom. The SMILES string of the molecule is N#Cc1cccc(OCCN(CCO)CC(F)F)c1. The van der Waals surface area contributed by atoms with E-state index >= 15 is 0 Å². The molecule has 0 aromatic heterocycles. The van der Waals surface area contributed by atoms with Gasteiger partial charge in [-0.2, -0.15) is 5.26 Å². The van der Waals surface area contributed by atoms with E-state index < -0.39 is 6.43 Å². The van der Waals surface area contributed by atoms with Gasteiger partial charge in [0.05, 0.1) is 24.8 Å². The first-order valence-corrected chi connectivity index (χ1v) is 5.90. The first-order chi connectivity index (χ1) is 9.15. The third-order valence-electron chi connectivity index (χ3n) is 2.45. The fourth-order valence-electron chi connectivity index (χ4n) is 1.58. The van der Waals surface area contributed by atoms with E-state index in [9.17, 15) is 8.78 Å². The Hall–Kier alpha value is -1.71. The summed E-state index contributed by atoms with van der Waals surface area (Å²) >= 11 is 0. The van der Waals surface area contributed by atoms with Crippen molar-refractivity contribution in [2.45, 2.75) is 6.43 Å². The highest BCUT2D eigenvalue weighted by Crippen LogP contribution is 2.12. The van der Waals surface area contributed by atoms with E-state index in [0.29, 0.717) is 17.9 Å². The van der Waals surface area contributed by atoms with Gasteiger partial charge in [-0.05, 0) is 18.2 Å². The van der Waals surface area contributed by atoms with Crippen LogP contribution in [0.15, 0.2) is 24.3 Å². The number of hydrogen-bond acceptors (Lipinski definition) is 4. The smallest absolute Gasteiger partial charge is 0.251 e. The summed E-state index contributed by atoms with van der Waals surface area (Å²) in [4.78, 5) is 1.43. The maximum atomic E-state index is 12.3. The quantitative estimate of drug-likeness (QED) is 0.777. The zero-order valence-electron chi connectivity index (χ0n) is 10.4. The van der Waals surface area contributed by atoms with Gasteiger partial charge in [-0.25, -0.2) is 8.78 Å². The predicted molar refractivity (Wildman–Crippen MR) is 66.2 cm³/mol. The molecule has 0 aliphatic carbocycles. The molecular weight excluding hydrogens is 254 g/mol. The molecule has 0 bridgehead atoms. The molecule has 1 aromatic carbocycles. The molecule has 1 N–H and O–H groups in total. The highest BCUT2D eigenvalue weighted by molar-refractivity contribution is 5.36. The van der Waals surface area contributed by atoms with E-state index in [1.54, 1.807) is 24.3 Å². The van der Waals surface area contributed by atoms with Gasteiger partial charge in [-0.1, -0.05) is 6.07 Å². The van der Waals surface area contributed by atoms with Gasteiger partial charge in [0.2, 0.25) is 0 Å². The molecule has 1 aromatic rings. The zero-order chi connectivity index (χ0) is 14.1. The molecule has 0 saturated heterocycles. The number of nitrogens with zero attached hydrogens (tertiary/aromatic N) is 2. The Bertz CT molecular complexity index is 421. The summed E-state index contributed by atoms with van der Waals surface area (Å²) < 4.78 is 29.9. The predicted octanol–water partition coefficient (Wildman–Crippen LogP) is 1.50. The number of rotatable bonds is 8. The van der Waals surface area contributed by atoms with E-state index in [-0.39, 0.29) is 26.3 Å². The van der Waals surface area contributed by atoms with Gasteiger partial charge in [-0.15, -0.1) is 0 Å². The Kier molecular flexibility index (Phi) is 6.79. The molecule has 1 rings (SSSR count). The fraction of sp³-hybridized carbons (Fsp3) is 0.462. The van der Waals surface area contributed by atoms with Crippen LogP contribution in [0.3, 0.4) is 0 Å². The van der Waals surface area contributed by atoms with E-state index in [1.807, 2.05) is 6.07 Å². The lowest BCUT2D eigenvalue weighted by molar-refractivity contribution is 0.0709. The van der Waals surface area contributed by atoms with Crippen LogP contribution in [0.4, 0.5) is 8.78 Å². The summed E-state index contributed by atoms with van der Waals surface area (Å²) in [5.41, 5.74) is 0.484. The average Bonchev–Trinajstić information content (AvgIpc) is 2.38. The van der Waals surface area contributed by atoms with Crippen LogP contribution in [0, 0.1) is 11.3 Å². The number of aliphatic hydroxyl groups excluding tert-OH is 1. The maximum absolute atomic E-state index is 12.3. The summed E-state index contributed by atoms with van der Waals surface area (Å²) in [6.45, 7) is 0.147. The van der Waals surface area contributed by atoms with E-state index in [4.69, 9.17) is 15.1 Å². The minimum absolute atomic E-state index is 0.170. The minimum atomic E-state index is -2.44. The van der Waals surface area contributed by atoms with Crippen LogP contribution < -0.4 is 4.74 Å². The molecule has 104 valence electrons. The van der Waals surface area contributed by atoms with Crippen LogP contribution in [-0.4, -0.2) is 49.3 Å². The molecule has 4 nitrogen and oxygen atoms in total. The average molecular weight is 270 g/mol. The lowest BCUT2D eigenvalue weighted by Gasteiger charge is -2.20. The Morgan fingerprint density at radius 1 is 1.37 bits per heavy atom. The van der Waals surface area contributed by atoms with Gasteiger partial charge in [-0.3, -0.25) is 4.90 Å². The van der Waals surface area contributed by atoms with Crippen molar-refractivity contribution in [2.24, 2.45) is 0 Å². The largest absolute Gasteiger partial charge is 0.492 e. The number of nitriles is 1. The van der Waals surface area contributed by atoms with E-state index in [2.05, 4.69) is 0 Å². The Balaban J connectivity index is 2.40. The summed E-state index contributed by atoms with van der Waals surface area (Å²) in [5, 5.41) is 17.5. The second-order valence-electron chi connectivity index (χ2n) is 3.90. The van der Waals surface area contributed by atoms with Crippen molar-refractivity contribution in [3.8, 4) is 11.8 Å². The topological polar surface area (TPSA) is 56.5 Å². The van der Waals surface area contributed by atoms with Crippen molar-refractivity contribution in [2.75, 3.05) is 32.8 Å². The molecule has 0 spiro atoms. The lowest BCUT2D eigenvalue weighted by Crippen LogP contribution is -2.35. The molecule has 0 saturated carbocycles. The molecule has 0 atom stereocenters. The van der Waals surface area contributed by atoms with Crippen molar-refractivity contribution >= 4 is 0 Å². The monoisotopic (exact) mass is 270 g/mol. The van der Waals surface area contributed by atoms with E-state index in [0.717, 1.165) is 0 Å². The molecule has 0 heterocycles. The molecular formula is C13H16F2N2O2. The maximum Gasteiger partial charge on any atom is 0.251 e. The van der Waals surface area contributed by atoms with E-state index in [1.165, 1.54) is 4.90 Å². The molecule has 6 heteroatoms. The van der Waals surface area contributed by atoms with Gasteiger partial charge < -0.3 is 9.84 Å². The number of ether oxygens (including phenoxy) is 1. The Labute approximate surface area is 110 Å². The second-order valence-corrected chi connectivity index (χ2v) is 3.90. The molecule has 0 amide bonds. The summed E-state index contributed by atoms with van der Waals surface area (Å²) in [6, 6.07) is 8.62. The number of aliphatic hydroxyl groups is 1. The lowest BCUT2D eigenvalue weighted by atomic mass is 10.2. The van der Waals surface area contributed by atoms with Crippen LogP contribution in [0.1, 0.15) is 5.56 Å². The standard InChI is InChI=1S/C13H16F2N2O2/c14-13(15)10-17(4-6-18)5-7-19-12-3-1-2-11(8-12)9-16/h1-3,8,13,18H,4-7,10H2. The van der Waals surface area contributed by atoms with Gasteiger partial charge in [0.1, 0.15) is 12.4 Å². The first-order valence-electron chi connectivity index (χ1n) is 5.90. The van der Waals surface area contributed by atoms with Crippen molar-refractivity contribution in [1.29, 1.82) is 5.26 Å². The van der Waals surface area contributed by atoms with Crippen molar-refractivity contribution in [3.05, 3.63) is 29.8 Å². The molecule has 0 aliphatic rings. The third kappa shape index (κ3) is 6.13. The molecule has 0 radical (unpaired) electrons. The summed E-state index contributed by atoms with van der Waals surface area (Å²) in [6.07, 6.45) is -2.44.